The van der Waals surface area contributed by atoms with Crippen LogP contribution in [0.1, 0.15) is 5.56 Å². The van der Waals surface area contributed by atoms with Crippen LogP contribution in [0.5, 0.6) is 0 Å². The van der Waals surface area contributed by atoms with E-state index in [2.05, 4.69) is 4.98 Å². The van der Waals surface area contributed by atoms with E-state index in [0.717, 1.165) is 0 Å². The SMILES string of the molecule is N#Cc1ccccc1S(=O)(=O)c1cnc2cc(F)ccc2c1-c1ccc(Cl)cc1. The first-order valence-electron chi connectivity index (χ1n) is 8.50. The molecular formula is C22H12ClFN2O2S. The van der Waals surface area contributed by atoms with E-state index in [1.807, 2.05) is 6.07 Å². The molecule has 29 heavy (non-hydrogen) atoms. The van der Waals surface area contributed by atoms with Gasteiger partial charge >= 0.3 is 0 Å². The molecule has 4 rings (SSSR count). The van der Waals surface area contributed by atoms with Crippen LogP contribution in [0.2, 0.25) is 5.02 Å². The molecule has 0 bridgehead atoms. The summed E-state index contributed by atoms with van der Waals surface area (Å²) >= 11 is 5.99. The van der Waals surface area contributed by atoms with Crippen LogP contribution in [-0.4, -0.2) is 13.4 Å². The standard InChI is InChI=1S/C22H12ClFN2O2S/c23-16-7-5-14(6-8-16)22-18-10-9-17(24)11-19(18)26-13-21(22)29(27,28)20-4-2-1-3-15(20)12-25/h1-11,13H. The van der Waals surface area contributed by atoms with Crippen LogP contribution in [0.15, 0.2) is 82.7 Å². The van der Waals surface area contributed by atoms with Gasteiger partial charge in [0, 0.05) is 28.2 Å². The minimum absolute atomic E-state index is 0.0359. The number of aromatic nitrogens is 1. The minimum Gasteiger partial charge on any atom is -0.255 e. The van der Waals surface area contributed by atoms with E-state index in [1.54, 1.807) is 36.4 Å². The zero-order chi connectivity index (χ0) is 20.6. The molecule has 4 nitrogen and oxygen atoms in total. The lowest BCUT2D eigenvalue weighted by molar-refractivity contribution is 0.596. The van der Waals surface area contributed by atoms with Crippen molar-refractivity contribution in [1.29, 1.82) is 5.26 Å². The van der Waals surface area contributed by atoms with Crippen molar-refractivity contribution >= 4 is 32.3 Å². The van der Waals surface area contributed by atoms with Crippen molar-refractivity contribution in [2.75, 3.05) is 0 Å². The second-order valence-electron chi connectivity index (χ2n) is 6.28. The normalized spacial score (nSPS) is 11.3. The van der Waals surface area contributed by atoms with Gasteiger partial charge < -0.3 is 0 Å². The largest absolute Gasteiger partial charge is 0.255 e. The van der Waals surface area contributed by atoms with Crippen LogP contribution in [0.25, 0.3) is 22.0 Å². The fourth-order valence-electron chi connectivity index (χ4n) is 3.18. The first kappa shape index (κ1) is 19.1. The van der Waals surface area contributed by atoms with Crippen molar-refractivity contribution < 1.29 is 12.8 Å². The quantitative estimate of drug-likeness (QED) is 0.443. The monoisotopic (exact) mass is 422 g/mol. The smallest absolute Gasteiger partial charge is 0.210 e. The van der Waals surface area contributed by atoms with Crippen LogP contribution < -0.4 is 0 Å². The molecule has 142 valence electrons. The first-order chi connectivity index (χ1) is 13.9. The number of halogens is 2. The van der Waals surface area contributed by atoms with Crippen LogP contribution in [0.4, 0.5) is 4.39 Å². The second kappa shape index (κ2) is 7.28. The number of fused-ring (bicyclic) bond motifs is 1. The summed E-state index contributed by atoms with van der Waals surface area (Å²) in [6.45, 7) is 0. The van der Waals surface area contributed by atoms with Gasteiger partial charge in [0.1, 0.15) is 11.9 Å². The summed E-state index contributed by atoms with van der Waals surface area (Å²) in [5.41, 5.74) is 1.32. The maximum Gasteiger partial charge on any atom is 0.210 e. The van der Waals surface area contributed by atoms with Gasteiger partial charge in [-0.1, -0.05) is 35.9 Å². The van der Waals surface area contributed by atoms with Gasteiger partial charge in [-0.15, -0.1) is 0 Å². The molecule has 1 aromatic heterocycles. The summed E-state index contributed by atoms with van der Waals surface area (Å²) in [4.78, 5) is 3.99. The predicted molar refractivity (Wildman–Crippen MR) is 109 cm³/mol. The number of pyridine rings is 1. The Labute approximate surface area is 171 Å². The van der Waals surface area contributed by atoms with Gasteiger partial charge in [0.05, 0.1) is 20.9 Å². The molecule has 0 aliphatic rings. The van der Waals surface area contributed by atoms with Gasteiger partial charge in [-0.2, -0.15) is 5.26 Å². The Balaban J connectivity index is 2.10. The highest BCUT2D eigenvalue weighted by atomic mass is 35.5. The fourth-order valence-corrected chi connectivity index (χ4v) is 4.89. The molecule has 0 unspecified atom stereocenters. The first-order valence-corrected chi connectivity index (χ1v) is 10.4. The molecule has 0 amide bonds. The summed E-state index contributed by atoms with van der Waals surface area (Å²) in [5.74, 6) is -0.475. The van der Waals surface area contributed by atoms with Gasteiger partial charge in [-0.05, 0) is 42.0 Å². The number of hydrogen-bond acceptors (Lipinski definition) is 4. The van der Waals surface area contributed by atoms with Gasteiger partial charge in [-0.3, -0.25) is 4.98 Å². The number of nitrogens with zero attached hydrogens (tertiary/aromatic N) is 2. The second-order valence-corrected chi connectivity index (χ2v) is 8.60. The molecule has 0 spiro atoms. The molecule has 0 N–H and O–H groups in total. The van der Waals surface area contributed by atoms with E-state index >= 15 is 0 Å². The lowest BCUT2D eigenvalue weighted by atomic mass is 10.0. The summed E-state index contributed by atoms with van der Waals surface area (Å²) in [7, 11) is -4.08. The molecule has 0 fully saturated rings. The van der Waals surface area contributed by atoms with E-state index in [0.29, 0.717) is 27.1 Å². The Morgan fingerprint density at radius 2 is 1.69 bits per heavy atom. The maximum atomic E-state index is 13.7. The average molecular weight is 423 g/mol. The van der Waals surface area contributed by atoms with Crippen LogP contribution in [0.3, 0.4) is 0 Å². The lowest BCUT2D eigenvalue weighted by Gasteiger charge is -2.14. The third kappa shape index (κ3) is 3.35. The van der Waals surface area contributed by atoms with Crippen LogP contribution >= 0.6 is 11.6 Å². The van der Waals surface area contributed by atoms with Crippen molar-refractivity contribution in [3.8, 4) is 17.2 Å². The topological polar surface area (TPSA) is 70.8 Å². The lowest BCUT2D eigenvalue weighted by Crippen LogP contribution is -2.07. The highest BCUT2D eigenvalue weighted by molar-refractivity contribution is 7.91. The Bertz CT molecular complexity index is 1400. The molecule has 4 aromatic rings. The highest BCUT2D eigenvalue weighted by Crippen LogP contribution is 2.37. The summed E-state index contributed by atoms with van der Waals surface area (Å²) < 4.78 is 40.7. The summed E-state index contributed by atoms with van der Waals surface area (Å²) in [6.07, 6.45) is 1.20. The molecule has 0 atom stereocenters. The van der Waals surface area contributed by atoms with E-state index in [1.165, 1.54) is 36.5 Å². The van der Waals surface area contributed by atoms with E-state index < -0.39 is 15.7 Å². The molecule has 1 heterocycles. The van der Waals surface area contributed by atoms with Crippen LogP contribution in [-0.2, 0) is 9.84 Å². The number of hydrogen-bond donors (Lipinski definition) is 0. The highest BCUT2D eigenvalue weighted by Gasteiger charge is 2.27. The zero-order valence-corrected chi connectivity index (χ0v) is 16.4. The summed E-state index contributed by atoms with van der Waals surface area (Å²) in [6, 6.07) is 18.6. The molecule has 3 aromatic carbocycles. The number of rotatable bonds is 3. The molecule has 0 saturated heterocycles. The van der Waals surface area contributed by atoms with Gasteiger partial charge in [-0.25, -0.2) is 12.8 Å². The van der Waals surface area contributed by atoms with Crippen molar-refractivity contribution in [1.82, 2.24) is 4.98 Å². The Morgan fingerprint density at radius 1 is 0.966 bits per heavy atom. The number of nitriles is 1. The molecule has 0 radical (unpaired) electrons. The predicted octanol–water partition coefficient (Wildman–Crippen LogP) is 5.40. The molecule has 0 aliphatic heterocycles. The third-order valence-corrected chi connectivity index (χ3v) is 6.59. The molecule has 7 heteroatoms. The van der Waals surface area contributed by atoms with Crippen molar-refractivity contribution in [2.45, 2.75) is 9.79 Å². The van der Waals surface area contributed by atoms with Crippen molar-refractivity contribution in [2.24, 2.45) is 0 Å². The van der Waals surface area contributed by atoms with E-state index in [9.17, 15) is 18.1 Å². The minimum atomic E-state index is -4.08. The van der Waals surface area contributed by atoms with Crippen molar-refractivity contribution in [3.05, 3.63) is 89.3 Å². The Kier molecular flexibility index (Phi) is 4.79. The van der Waals surface area contributed by atoms with E-state index in [-0.39, 0.29) is 15.4 Å². The number of benzene rings is 3. The Hall–Kier alpha value is -3.27. The fraction of sp³-hybridized carbons (Fsp3) is 0. The maximum absolute atomic E-state index is 13.7. The average Bonchev–Trinajstić information content (AvgIpc) is 2.73. The third-order valence-electron chi connectivity index (χ3n) is 4.52. The molecule has 0 saturated carbocycles. The zero-order valence-electron chi connectivity index (χ0n) is 14.8. The van der Waals surface area contributed by atoms with Gasteiger partial charge in [0.2, 0.25) is 9.84 Å². The van der Waals surface area contributed by atoms with Gasteiger partial charge in [0.15, 0.2) is 0 Å². The van der Waals surface area contributed by atoms with Crippen LogP contribution in [0, 0.1) is 17.1 Å². The molecular weight excluding hydrogens is 411 g/mol. The molecule has 0 aliphatic carbocycles. The number of sulfone groups is 1. The van der Waals surface area contributed by atoms with Gasteiger partial charge in [0.25, 0.3) is 0 Å². The van der Waals surface area contributed by atoms with E-state index in [4.69, 9.17) is 11.6 Å². The Morgan fingerprint density at radius 3 is 2.41 bits per heavy atom. The van der Waals surface area contributed by atoms with Crippen molar-refractivity contribution in [3.63, 3.8) is 0 Å². The summed E-state index contributed by atoms with van der Waals surface area (Å²) in [5, 5.41) is 10.3.